The van der Waals surface area contributed by atoms with Crippen LogP contribution in [0.3, 0.4) is 0 Å². The van der Waals surface area contributed by atoms with Crippen molar-refractivity contribution >= 4 is 27.6 Å². The monoisotopic (exact) mass is 445 g/mol. The minimum atomic E-state index is -3.57. The number of piperidine rings is 1. The predicted octanol–water partition coefficient (Wildman–Crippen LogP) is 3.11. The number of nitrogens with zero attached hydrogens (tertiary/aromatic N) is 3. The lowest BCUT2D eigenvalue weighted by Gasteiger charge is -2.32. The highest BCUT2D eigenvalue weighted by Gasteiger charge is 2.26. The minimum absolute atomic E-state index is 0.0144. The molecule has 1 unspecified atom stereocenters. The van der Waals surface area contributed by atoms with Gasteiger partial charge in [0.15, 0.2) is 0 Å². The van der Waals surface area contributed by atoms with Crippen LogP contribution in [-0.2, 0) is 14.8 Å². The quantitative estimate of drug-likeness (QED) is 0.647. The van der Waals surface area contributed by atoms with Gasteiger partial charge in [-0.3, -0.25) is 4.79 Å². The predicted molar refractivity (Wildman–Crippen MR) is 121 cm³/mol. The molecule has 1 amide bonds. The molecular formula is C22H31N5O3S. The molecule has 3 heterocycles. The van der Waals surface area contributed by atoms with Gasteiger partial charge in [0, 0.05) is 37.4 Å². The Morgan fingerprint density at radius 3 is 2.58 bits per heavy atom. The molecule has 0 radical (unpaired) electrons. The second kappa shape index (κ2) is 10.2. The van der Waals surface area contributed by atoms with E-state index in [1.807, 2.05) is 32.9 Å². The van der Waals surface area contributed by atoms with Crippen molar-refractivity contribution in [2.75, 3.05) is 23.3 Å². The van der Waals surface area contributed by atoms with Crippen molar-refractivity contribution in [3.8, 4) is 0 Å². The first-order chi connectivity index (χ1) is 14.8. The lowest BCUT2D eigenvalue weighted by Crippen LogP contribution is -2.38. The highest BCUT2D eigenvalue weighted by atomic mass is 32.2. The maximum atomic E-state index is 12.6. The van der Waals surface area contributed by atoms with Gasteiger partial charge in [-0.05, 0) is 62.9 Å². The maximum Gasteiger partial charge on any atom is 0.242 e. The number of sulfonamides is 1. The summed E-state index contributed by atoms with van der Waals surface area (Å²) in [4.78, 5) is 23.4. The van der Waals surface area contributed by atoms with Gasteiger partial charge in [0.25, 0.3) is 0 Å². The largest absolute Gasteiger partial charge is 0.357 e. The van der Waals surface area contributed by atoms with Crippen molar-refractivity contribution in [2.24, 2.45) is 5.92 Å². The fourth-order valence-electron chi connectivity index (χ4n) is 3.75. The van der Waals surface area contributed by atoms with Crippen LogP contribution in [0.2, 0.25) is 0 Å². The van der Waals surface area contributed by atoms with E-state index in [4.69, 9.17) is 0 Å². The van der Waals surface area contributed by atoms with Crippen LogP contribution in [0.4, 0.5) is 11.6 Å². The number of pyridine rings is 2. The summed E-state index contributed by atoms with van der Waals surface area (Å²) in [5.41, 5.74) is 1.05. The van der Waals surface area contributed by atoms with Gasteiger partial charge in [-0.1, -0.05) is 13.3 Å². The number of aromatic nitrogens is 2. The van der Waals surface area contributed by atoms with Crippen LogP contribution >= 0.6 is 0 Å². The van der Waals surface area contributed by atoms with Crippen LogP contribution in [0.5, 0.6) is 0 Å². The number of hydrogen-bond donors (Lipinski definition) is 2. The molecule has 1 atom stereocenters. The van der Waals surface area contributed by atoms with Gasteiger partial charge < -0.3 is 10.2 Å². The molecule has 0 spiro atoms. The van der Waals surface area contributed by atoms with Crippen molar-refractivity contribution in [2.45, 2.75) is 57.4 Å². The zero-order valence-corrected chi connectivity index (χ0v) is 19.2. The number of anilines is 2. The molecule has 0 bridgehead atoms. The van der Waals surface area contributed by atoms with E-state index in [2.05, 4.69) is 24.9 Å². The first kappa shape index (κ1) is 23.1. The Morgan fingerprint density at radius 1 is 1.23 bits per heavy atom. The third kappa shape index (κ3) is 6.24. The van der Waals surface area contributed by atoms with Crippen LogP contribution in [0.1, 0.15) is 45.1 Å². The zero-order chi connectivity index (χ0) is 22.4. The highest BCUT2D eigenvalue weighted by molar-refractivity contribution is 7.89. The molecule has 0 saturated carbocycles. The fraction of sp³-hybridized carbons (Fsp3) is 0.500. The Hall–Kier alpha value is -2.52. The lowest BCUT2D eigenvalue weighted by atomic mass is 9.96. The molecule has 0 aromatic carbocycles. The van der Waals surface area contributed by atoms with Gasteiger partial charge in [-0.2, -0.15) is 0 Å². The van der Waals surface area contributed by atoms with Gasteiger partial charge in [0.05, 0.1) is 0 Å². The number of rotatable bonds is 8. The summed E-state index contributed by atoms with van der Waals surface area (Å²) < 4.78 is 27.6. The fourth-order valence-corrected chi connectivity index (χ4v) is 4.97. The third-order valence-corrected chi connectivity index (χ3v) is 7.04. The van der Waals surface area contributed by atoms with Gasteiger partial charge in [0.1, 0.15) is 16.5 Å². The summed E-state index contributed by atoms with van der Waals surface area (Å²) in [6.45, 7) is 7.21. The number of aryl methyl sites for hydroxylation is 1. The lowest BCUT2D eigenvalue weighted by molar-refractivity contribution is -0.120. The van der Waals surface area contributed by atoms with E-state index < -0.39 is 10.0 Å². The van der Waals surface area contributed by atoms with Gasteiger partial charge in [-0.25, -0.2) is 23.1 Å². The van der Waals surface area contributed by atoms with E-state index in [9.17, 15) is 13.2 Å². The molecule has 168 valence electrons. The molecule has 1 fully saturated rings. The van der Waals surface area contributed by atoms with Crippen molar-refractivity contribution in [1.82, 2.24) is 14.7 Å². The van der Waals surface area contributed by atoms with E-state index in [0.29, 0.717) is 31.7 Å². The normalized spacial score (nSPS) is 16.2. The third-order valence-electron chi connectivity index (χ3n) is 5.47. The molecule has 2 aromatic rings. The van der Waals surface area contributed by atoms with E-state index in [1.165, 1.54) is 6.20 Å². The summed E-state index contributed by atoms with van der Waals surface area (Å²) in [6, 6.07) is 6.95. The molecule has 2 N–H and O–H groups in total. The highest BCUT2D eigenvalue weighted by Crippen LogP contribution is 2.24. The van der Waals surface area contributed by atoms with E-state index in [1.54, 1.807) is 18.3 Å². The van der Waals surface area contributed by atoms with Gasteiger partial charge >= 0.3 is 0 Å². The van der Waals surface area contributed by atoms with Gasteiger partial charge in [0.2, 0.25) is 15.9 Å². The molecule has 31 heavy (non-hydrogen) atoms. The Bertz CT molecular complexity index is 986. The number of hydrogen-bond acceptors (Lipinski definition) is 6. The Kier molecular flexibility index (Phi) is 7.61. The Balaban J connectivity index is 1.55. The van der Waals surface area contributed by atoms with E-state index in [-0.39, 0.29) is 22.8 Å². The van der Waals surface area contributed by atoms with Crippen LogP contribution in [-0.4, -0.2) is 43.4 Å². The number of carbonyl (C=O) groups excluding carboxylic acids is 1. The number of nitrogens with one attached hydrogen (secondary N) is 2. The summed E-state index contributed by atoms with van der Waals surface area (Å²) >= 11 is 0. The van der Waals surface area contributed by atoms with Gasteiger partial charge in [-0.15, -0.1) is 0 Å². The minimum Gasteiger partial charge on any atom is -0.357 e. The summed E-state index contributed by atoms with van der Waals surface area (Å²) in [7, 11) is -3.57. The summed E-state index contributed by atoms with van der Waals surface area (Å²) in [5, 5.41) is 2.90. The van der Waals surface area contributed by atoms with E-state index >= 15 is 0 Å². The van der Waals surface area contributed by atoms with Crippen molar-refractivity contribution < 1.29 is 13.2 Å². The van der Waals surface area contributed by atoms with Crippen molar-refractivity contribution in [1.29, 1.82) is 0 Å². The molecular weight excluding hydrogens is 414 g/mol. The van der Waals surface area contributed by atoms with Crippen LogP contribution in [0, 0.1) is 12.8 Å². The molecule has 3 rings (SSSR count). The average molecular weight is 446 g/mol. The molecule has 0 aliphatic carbocycles. The second-order valence-electron chi connectivity index (χ2n) is 8.13. The first-order valence-corrected chi connectivity index (χ1v) is 12.2. The van der Waals surface area contributed by atoms with Crippen molar-refractivity contribution in [3.63, 3.8) is 0 Å². The number of carbonyl (C=O) groups is 1. The number of amides is 1. The second-order valence-corrected chi connectivity index (χ2v) is 9.85. The Labute approximate surface area is 184 Å². The molecule has 1 aliphatic heterocycles. The standard InChI is InChI=1S/C22H31N5O3S/c1-4-5-17(3)26-31(29,30)19-6-7-21(24-15-19)27-12-9-18(10-13-27)22(28)25-20-14-16(2)8-11-23-20/h6-8,11,14-15,17-18,26H,4-5,9-10,12-13H2,1-3H3,(H,23,25,28). The van der Waals surface area contributed by atoms with Crippen LogP contribution in [0.15, 0.2) is 41.6 Å². The molecule has 9 heteroatoms. The summed E-state index contributed by atoms with van der Waals surface area (Å²) in [5.74, 6) is 1.20. The van der Waals surface area contributed by atoms with Crippen LogP contribution < -0.4 is 14.9 Å². The molecule has 1 aliphatic rings. The van der Waals surface area contributed by atoms with E-state index in [0.717, 1.165) is 24.2 Å². The topological polar surface area (TPSA) is 104 Å². The Morgan fingerprint density at radius 2 is 1.97 bits per heavy atom. The molecule has 2 aromatic heterocycles. The van der Waals surface area contributed by atoms with Crippen molar-refractivity contribution in [3.05, 3.63) is 42.2 Å². The first-order valence-electron chi connectivity index (χ1n) is 10.8. The maximum absolute atomic E-state index is 12.6. The molecule has 1 saturated heterocycles. The smallest absolute Gasteiger partial charge is 0.242 e. The average Bonchev–Trinajstić information content (AvgIpc) is 2.74. The van der Waals surface area contributed by atoms with Crippen LogP contribution in [0.25, 0.3) is 0 Å². The SMILES string of the molecule is CCCC(C)NS(=O)(=O)c1ccc(N2CCC(C(=O)Nc3cc(C)ccn3)CC2)nc1. The summed E-state index contributed by atoms with van der Waals surface area (Å²) in [6.07, 6.45) is 6.19. The zero-order valence-electron chi connectivity index (χ0n) is 18.3. The molecule has 8 nitrogen and oxygen atoms in total.